The lowest BCUT2D eigenvalue weighted by Crippen LogP contribution is -2.55. The normalized spacial score (nSPS) is 29.4. The van der Waals surface area contributed by atoms with Gasteiger partial charge in [-0.05, 0) is 33.0 Å². The summed E-state index contributed by atoms with van der Waals surface area (Å²) in [6, 6.07) is 4.11. The van der Waals surface area contributed by atoms with E-state index in [0.29, 0.717) is 0 Å². The van der Waals surface area contributed by atoms with Gasteiger partial charge in [-0.2, -0.15) is 0 Å². The van der Waals surface area contributed by atoms with E-state index >= 15 is 0 Å². The van der Waals surface area contributed by atoms with Crippen LogP contribution in [0.3, 0.4) is 0 Å². The summed E-state index contributed by atoms with van der Waals surface area (Å²) in [7, 11) is 2.15. The molecule has 0 spiro atoms. The van der Waals surface area contributed by atoms with E-state index in [1.54, 1.807) is 0 Å². The number of hydrogen-bond acceptors (Lipinski definition) is 3. The molecule has 3 heteroatoms. The van der Waals surface area contributed by atoms with Crippen molar-refractivity contribution in [3.8, 4) is 0 Å². The van der Waals surface area contributed by atoms with Gasteiger partial charge in [0.25, 0.3) is 0 Å². The highest BCUT2D eigenvalue weighted by Crippen LogP contribution is 2.29. The highest BCUT2D eigenvalue weighted by molar-refractivity contribution is 5.16. The van der Waals surface area contributed by atoms with Crippen molar-refractivity contribution in [2.24, 2.45) is 0 Å². The summed E-state index contributed by atoms with van der Waals surface area (Å²) in [6.45, 7) is 7.29. The van der Waals surface area contributed by atoms with Crippen LogP contribution < -0.4 is 5.32 Å². The predicted octanol–water partition coefficient (Wildman–Crippen LogP) is 1.34. The minimum absolute atomic E-state index is 0.00646. The highest BCUT2D eigenvalue weighted by Gasteiger charge is 2.36. The van der Waals surface area contributed by atoms with E-state index in [0.717, 1.165) is 31.2 Å². The standard InChI is InChI=1S/C11H18N2O/c1-9-4-5-10(14-9)11(2)8-12-6-7-13(11)3/h4-5,12H,6-8H2,1-3H3. The molecule has 1 atom stereocenters. The molecule has 2 heterocycles. The smallest absolute Gasteiger partial charge is 0.125 e. The van der Waals surface area contributed by atoms with Crippen molar-refractivity contribution < 1.29 is 4.42 Å². The third-order valence-electron chi connectivity index (χ3n) is 3.21. The van der Waals surface area contributed by atoms with E-state index in [9.17, 15) is 0 Å². The van der Waals surface area contributed by atoms with Gasteiger partial charge in [0.05, 0.1) is 5.54 Å². The van der Waals surface area contributed by atoms with Gasteiger partial charge < -0.3 is 9.73 Å². The number of nitrogens with one attached hydrogen (secondary N) is 1. The van der Waals surface area contributed by atoms with Gasteiger partial charge in [-0.15, -0.1) is 0 Å². The van der Waals surface area contributed by atoms with Crippen LogP contribution in [0.5, 0.6) is 0 Å². The maximum Gasteiger partial charge on any atom is 0.125 e. The summed E-state index contributed by atoms with van der Waals surface area (Å²) < 4.78 is 5.71. The summed E-state index contributed by atoms with van der Waals surface area (Å²) in [5.74, 6) is 2.05. The fraction of sp³-hybridized carbons (Fsp3) is 0.636. The average Bonchev–Trinajstić information content (AvgIpc) is 2.58. The molecule has 0 aromatic carbocycles. The van der Waals surface area contributed by atoms with Gasteiger partial charge in [-0.1, -0.05) is 0 Å². The molecule has 14 heavy (non-hydrogen) atoms. The molecule has 1 fully saturated rings. The Bertz CT molecular complexity index is 321. The summed E-state index contributed by atoms with van der Waals surface area (Å²) in [6.07, 6.45) is 0. The van der Waals surface area contributed by atoms with Crippen molar-refractivity contribution in [1.82, 2.24) is 10.2 Å². The molecule has 0 bridgehead atoms. The van der Waals surface area contributed by atoms with Crippen LogP contribution in [0.15, 0.2) is 16.5 Å². The number of furan rings is 1. The number of likely N-dealkylation sites (N-methyl/N-ethyl adjacent to an activating group) is 1. The van der Waals surface area contributed by atoms with Gasteiger partial charge in [0.2, 0.25) is 0 Å². The van der Waals surface area contributed by atoms with E-state index in [4.69, 9.17) is 4.42 Å². The van der Waals surface area contributed by atoms with E-state index in [1.165, 1.54) is 0 Å². The van der Waals surface area contributed by atoms with Crippen LogP contribution in [0.25, 0.3) is 0 Å². The van der Waals surface area contributed by atoms with Crippen molar-refractivity contribution in [2.75, 3.05) is 26.7 Å². The number of rotatable bonds is 1. The molecule has 1 aromatic heterocycles. The number of piperazine rings is 1. The third kappa shape index (κ3) is 1.47. The molecule has 1 aliphatic rings. The highest BCUT2D eigenvalue weighted by atomic mass is 16.3. The monoisotopic (exact) mass is 194 g/mol. The molecule has 1 saturated heterocycles. The zero-order valence-electron chi connectivity index (χ0n) is 9.13. The number of nitrogens with zero attached hydrogens (tertiary/aromatic N) is 1. The Balaban J connectivity index is 2.29. The molecule has 2 rings (SSSR count). The summed E-state index contributed by atoms with van der Waals surface area (Å²) in [5.41, 5.74) is 0.00646. The Kier molecular flexibility index (Phi) is 2.37. The van der Waals surface area contributed by atoms with Gasteiger partial charge in [0.15, 0.2) is 0 Å². The summed E-state index contributed by atoms with van der Waals surface area (Å²) >= 11 is 0. The molecule has 0 aliphatic carbocycles. The van der Waals surface area contributed by atoms with Gasteiger partial charge in [0.1, 0.15) is 11.5 Å². The van der Waals surface area contributed by atoms with Crippen LogP contribution in [-0.4, -0.2) is 31.6 Å². The Morgan fingerprint density at radius 3 is 2.86 bits per heavy atom. The zero-order chi connectivity index (χ0) is 10.2. The van der Waals surface area contributed by atoms with E-state index < -0.39 is 0 Å². The first-order valence-electron chi connectivity index (χ1n) is 5.12. The van der Waals surface area contributed by atoms with Crippen molar-refractivity contribution in [2.45, 2.75) is 19.4 Å². The molecule has 78 valence electrons. The van der Waals surface area contributed by atoms with Gasteiger partial charge in [-0.3, -0.25) is 4.90 Å². The van der Waals surface area contributed by atoms with Crippen molar-refractivity contribution >= 4 is 0 Å². The molecule has 1 unspecified atom stereocenters. The Morgan fingerprint density at radius 2 is 2.29 bits per heavy atom. The van der Waals surface area contributed by atoms with Crippen molar-refractivity contribution in [3.63, 3.8) is 0 Å². The second kappa shape index (κ2) is 3.41. The first-order valence-corrected chi connectivity index (χ1v) is 5.12. The van der Waals surface area contributed by atoms with Crippen LogP contribution in [0.1, 0.15) is 18.4 Å². The first-order chi connectivity index (χ1) is 6.63. The minimum atomic E-state index is 0.00646. The molecular weight excluding hydrogens is 176 g/mol. The Hall–Kier alpha value is -0.800. The maximum atomic E-state index is 5.71. The summed E-state index contributed by atoms with van der Waals surface area (Å²) in [4.78, 5) is 2.35. The molecular formula is C11H18N2O. The maximum absolute atomic E-state index is 5.71. The molecule has 0 radical (unpaired) electrons. The molecule has 0 saturated carbocycles. The lowest BCUT2D eigenvalue weighted by molar-refractivity contribution is 0.0806. The molecule has 1 aromatic rings. The molecule has 1 aliphatic heterocycles. The largest absolute Gasteiger partial charge is 0.464 e. The van der Waals surface area contributed by atoms with Crippen molar-refractivity contribution in [1.29, 1.82) is 0 Å². The Labute approximate surface area is 85.1 Å². The van der Waals surface area contributed by atoms with E-state index in [2.05, 4.69) is 30.3 Å². The minimum Gasteiger partial charge on any atom is -0.464 e. The topological polar surface area (TPSA) is 28.4 Å². The Morgan fingerprint density at radius 1 is 1.50 bits per heavy atom. The molecule has 0 amide bonds. The van der Waals surface area contributed by atoms with Crippen LogP contribution in [-0.2, 0) is 5.54 Å². The number of aryl methyl sites for hydroxylation is 1. The lowest BCUT2D eigenvalue weighted by Gasteiger charge is -2.41. The van der Waals surface area contributed by atoms with Gasteiger partial charge >= 0.3 is 0 Å². The van der Waals surface area contributed by atoms with Gasteiger partial charge in [0, 0.05) is 19.6 Å². The molecule has 3 nitrogen and oxygen atoms in total. The predicted molar refractivity (Wildman–Crippen MR) is 56.3 cm³/mol. The SMILES string of the molecule is Cc1ccc(C2(C)CNCCN2C)o1. The number of hydrogen-bond donors (Lipinski definition) is 1. The second-order valence-electron chi connectivity index (χ2n) is 4.28. The first kappa shape index (κ1) is 9.74. The summed E-state index contributed by atoms with van der Waals surface area (Å²) in [5, 5.41) is 3.41. The van der Waals surface area contributed by atoms with Crippen molar-refractivity contribution in [3.05, 3.63) is 23.7 Å². The van der Waals surface area contributed by atoms with Gasteiger partial charge in [-0.25, -0.2) is 0 Å². The van der Waals surface area contributed by atoms with Crippen LogP contribution in [0.2, 0.25) is 0 Å². The zero-order valence-corrected chi connectivity index (χ0v) is 9.13. The second-order valence-corrected chi connectivity index (χ2v) is 4.28. The van der Waals surface area contributed by atoms with E-state index in [-0.39, 0.29) is 5.54 Å². The van der Waals surface area contributed by atoms with Crippen LogP contribution in [0.4, 0.5) is 0 Å². The average molecular weight is 194 g/mol. The third-order valence-corrected chi connectivity index (χ3v) is 3.21. The van der Waals surface area contributed by atoms with Crippen LogP contribution >= 0.6 is 0 Å². The quantitative estimate of drug-likeness (QED) is 0.731. The van der Waals surface area contributed by atoms with E-state index in [1.807, 2.05) is 13.0 Å². The fourth-order valence-corrected chi connectivity index (χ4v) is 1.96. The van der Waals surface area contributed by atoms with Crippen LogP contribution in [0, 0.1) is 6.92 Å². The lowest BCUT2D eigenvalue weighted by atomic mass is 9.95. The molecule has 1 N–H and O–H groups in total. The fourth-order valence-electron chi connectivity index (χ4n) is 1.96.